The van der Waals surface area contributed by atoms with Gasteiger partial charge in [-0.05, 0) is 0 Å². The van der Waals surface area contributed by atoms with Crippen LogP contribution in [0.15, 0.2) is 6.07 Å². The summed E-state index contributed by atoms with van der Waals surface area (Å²) >= 11 is 0. The Morgan fingerprint density at radius 2 is 1.48 bits per heavy atom. The summed E-state index contributed by atoms with van der Waals surface area (Å²) in [7, 11) is 7.89. The molecule has 0 bridgehead atoms. The van der Waals surface area contributed by atoms with Gasteiger partial charge in [0.2, 0.25) is 11.9 Å². The highest BCUT2D eigenvalue weighted by molar-refractivity contribution is 5.73. The first kappa shape index (κ1) is 15.3. The number of carbonyl (C=O) groups is 1. The fraction of sp³-hybridized carbons (Fsp3) is 0.643. The van der Waals surface area contributed by atoms with Crippen LogP contribution >= 0.6 is 0 Å². The van der Waals surface area contributed by atoms with Gasteiger partial charge in [0.05, 0.1) is 0 Å². The summed E-state index contributed by atoms with van der Waals surface area (Å²) < 4.78 is 0. The van der Waals surface area contributed by atoms with Crippen LogP contribution in [0.2, 0.25) is 0 Å². The summed E-state index contributed by atoms with van der Waals surface area (Å²) in [5.74, 6) is 2.63. The van der Waals surface area contributed by atoms with E-state index in [-0.39, 0.29) is 5.91 Å². The molecule has 0 atom stereocenters. The van der Waals surface area contributed by atoms with Crippen molar-refractivity contribution in [1.82, 2.24) is 14.9 Å². The predicted molar refractivity (Wildman–Crippen MR) is 85.2 cm³/mol. The third kappa shape index (κ3) is 3.53. The SMILES string of the molecule is CC(=O)N1CCN(c2nc(N(C)C)cc(N(C)C)n2)CC1. The topological polar surface area (TPSA) is 55.8 Å². The van der Waals surface area contributed by atoms with Gasteiger partial charge in [0.25, 0.3) is 0 Å². The molecule has 0 radical (unpaired) electrons. The highest BCUT2D eigenvalue weighted by Gasteiger charge is 2.21. The molecular weight excluding hydrogens is 268 g/mol. The lowest BCUT2D eigenvalue weighted by Crippen LogP contribution is -2.48. The van der Waals surface area contributed by atoms with E-state index >= 15 is 0 Å². The molecule has 0 N–H and O–H groups in total. The molecule has 0 spiro atoms. The first-order valence-electron chi connectivity index (χ1n) is 7.12. The van der Waals surface area contributed by atoms with Crippen LogP contribution in [-0.2, 0) is 4.79 Å². The van der Waals surface area contributed by atoms with Gasteiger partial charge in [0.15, 0.2) is 0 Å². The van der Waals surface area contributed by atoms with E-state index in [1.165, 1.54) is 0 Å². The predicted octanol–water partition coefficient (Wildman–Crippen LogP) is 0.277. The molecule has 0 saturated carbocycles. The van der Waals surface area contributed by atoms with Crippen molar-refractivity contribution in [1.29, 1.82) is 0 Å². The van der Waals surface area contributed by atoms with E-state index < -0.39 is 0 Å². The molecule has 116 valence electrons. The van der Waals surface area contributed by atoms with Crippen molar-refractivity contribution in [3.05, 3.63) is 6.07 Å². The lowest BCUT2D eigenvalue weighted by atomic mass is 10.3. The Bertz CT molecular complexity index is 482. The van der Waals surface area contributed by atoms with Crippen LogP contribution in [0.25, 0.3) is 0 Å². The Morgan fingerprint density at radius 3 is 1.86 bits per heavy atom. The highest BCUT2D eigenvalue weighted by atomic mass is 16.2. The van der Waals surface area contributed by atoms with Crippen LogP contribution in [0, 0.1) is 0 Å². The van der Waals surface area contributed by atoms with Gasteiger partial charge in [0, 0.05) is 67.4 Å². The molecule has 7 heteroatoms. The van der Waals surface area contributed by atoms with Gasteiger partial charge < -0.3 is 19.6 Å². The minimum absolute atomic E-state index is 0.131. The molecule has 0 aliphatic carbocycles. The molecular formula is C14H24N6O. The van der Waals surface area contributed by atoms with E-state index in [9.17, 15) is 4.79 Å². The largest absolute Gasteiger partial charge is 0.363 e. The Kier molecular flexibility index (Phi) is 4.50. The summed E-state index contributed by atoms with van der Waals surface area (Å²) in [5, 5.41) is 0. The van der Waals surface area contributed by atoms with Gasteiger partial charge in [-0.25, -0.2) is 0 Å². The van der Waals surface area contributed by atoms with E-state index in [0.717, 1.165) is 43.8 Å². The van der Waals surface area contributed by atoms with Gasteiger partial charge in [-0.1, -0.05) is 0 Å². The van der Waals surface area contributed by atoms with Crippen LogP contribution < -0.4 is 14.7 Å². The molecule has 1 aliphatic heterocycles. The molecule has 1 amide bonds. The Hall–Kier alpha value is -2.05. The summed E-state index contributed by atoms with van der Waals surface area (Å²) in [6, 6.07) is 1.97. The maximum atomic E-state index is 11.4. The monoisotopic (exact) mass is 292 g/mol. The van der Waals surface area contributed by atoms with Crippen LogP contribution in [0.3, 0.4) is 0 Å². The molecule has 1 fully saturated rings. The zero-order chi connectivity index (χ0) is 15.6. The van der Waals surface area contributed by atoms with E-state index in [1.54, 1.807) is 6.92 Å². The molecule has 0 unspecified atom stereocenters. The van der Waals surface area contributed by atoms with Crippen LogP contribution in [-0.4, -0.2) is 75.1 Å². The third-order valence-corrected chi connectivity index (χ3v) is 3.61. The standard InChI is InChI=1S/C14H24N6O/c1-11(21)19-6-8-20(9-7-19)14-15-12(17(2)3)10-13(16-14)18(4)5/h10H,6-9H2,1-5H3. The normalized spacial score (nSPS) is 15.1. The number of aromatic nitrogens is 2. The summed E-state index contributed by atoms with van der Waals surface area (Å²) in [5.41, 5.74) is 0. The zero-order valence-electron chi connectivity index (χ0n) is 13.5. The van der Waals surface area contributed by atoms with Crippen LogP contribution in [0.1, 0.15) is 6.92 Å². The molecule has 1 aromatic heterocycles. The summed E-state index contributed by atoms with van der Waals surface area (Å²) in [6.07, 6.45) is 0. The molecule has 2 heterocycles. The van der Waals surface area contributed by atoms with Gasteiger partial charge >= 0.3 is 0 Å². The summed E-state index contributed by atoms with van der Waals surface area (Å²) in [4.78, 5) is 28.6. The average Bonchev–Trinajstić information content (AvgIpc) is 2.46. The van der Waals surface area contributed by atoms with Gasteiger partial charge in [-0.15, -0.1) is 0 Å². The highest BCUT2D eigenvalue weighted by Crippen LogP contribution is 2.21. The lowest BCUT2D eigenvalue weighted by molar-refractivity contribution is -0.129. The fourth-order valence-corrected chi connectivity index (χ4v) is 2.23. The number of hydrogen-bond acceptors (Lipinski definition) is 6. The maximum absolute atomic E-state index is 11.4. The Labute approximate surface area is 126 Å². The van der Waals surface area contributed by atoms with Crippen molar-refractivity contribution >= 4 is 23.5 Å². The molecule has 0 aromatic carbocycles. The van der Waals surface area contributed by atoms with Gasteiger partial charge in [0.1, 0.15) is 11.6 Å². The van der Waals surface area contributed by atoms with E-state index in [0.29, 0.717) is 0 Å². The molecule has 1 aromatic rings. The second-order valence-corrected chi connectivity index (χ2v) is 5.67. The average molecular weight is 292 g/mol. The number of amides is 1. The molecule has 2 rings (SSSR count). The quantitative estimate of drug-likeness (QED) is 0.797. The van der Waals surface area contributed by atoms with E-state index in [1.807, 2.05) is 49.0 Å². The first-order valence-corrected chi connectivity index (χ1v) is 7.12. The molecule has 21 heavy (non-hydrogen) atoms. The van der Waals surface area contributed by atoms with Gasteiger partial charge in [-0.2, -0.15) is 9.97 Å². The van der Waals surface area contributed by atoms with Crippen LogP contribution in [0.4, 0.5) is 17.6 Å². The third-order valence-electron chi connectivity index (χ3n) is 3.61. The Morgan fingerprint density at radius 1 is 1.00 bits per heavy atom. The second kappa shape index (κ2) is 6.15. The van der Waals surface area contributed by atoms with Crippen LogP contribution in [0.5, 0.6) is 0 Å². The maximum Gasteiger partial charge on any atom is 0.229 e. The van der Waals surface area contributed by atoms with E-state index in [2.05, 4.69) is 14.9 Å². The lowest BCUT2D eigenvalue weighted by Gasteiger charge is -2.34. The van der Waals surface area contributed by atoms with Crippen molar-refractivity contribution in [3.8, 4) is 0 Å². The zero-order valence-corrected chi connectivity index (χ0v) is 13.5. The number of piperazine rings is 1. The number of nitrogens with zero attached hydrogens (tertiary/aromatic N) is 6. The number of rotatable bonds is 3. The van der Waals surface area contributed by atoms with E-state index in [4.69, 9.17) is 0 Å². The smallest absolute Gasteiger partial charge is 0.229 e. The fourth-order valence-electron chi connectivity index (χ4n) is 2.23. The molecule has 1 aliphatic rings. The van der Waals surface area contributed by atoms with Crippen molar-refractivity contribution in [2.75, 3.05) is 69.1 Å². The Balaban J connectivity index is 2.21. The second-order valence-electron chi connectivity index (χ2n) is 5.67. The van der Waals surface area contributed by atoms with Crippen molar-refractivity contribution in [2.24, 2.45) is 0 Å². The molecule has 7 nitrogen and oxygen atoms in total. The van der Waals surface area contributed by atoms with Crippen molar-refractivity contribution < 1.29 is 4.79 Å². The van der Waals surface area contributed by atoms with Crippen molar-refractivity contribution in [2.45, 2.75) is 6.92 Å². The summed E-state index contributed by atoms with van der Waals surface area (Å²) in [6.45, 7) is 4.60. The number of hydrogen-bond donors (Lipinski definition) is 0. The minimum atomic E-state index is 0.131. The van der Waals surface area contributed by atoms with Crippen molar-refractivity contribution in [3.63, 3.8) is 0 Å². The minimum Gasteiger partial charge on any atom is -0.363 e. The first-order chi connectivity index (χ1) is 9.88. The number of anilines is 3. The number of carbonyl (C=O) groups excluding carboxylic acids is 1. The van der Waals surface area contributed by atoms with Gasteiger partial charge in [-0.3, -0.25) is 4.79 Å². The molecule has 1 saturated heterocycles.